The van der Waals surface area contributed by atoms with Crippen LogP contribution in [0.2, 0.25) is 0 Å². The normalized spacial score (nSPS) is 13.6. The third-order valence-corrected chi connectivity index (χ3v) is 8.47. The van der Waals surface area contributed by atoms with Crippen molar-refractivity contribution in [2.24, 2.45) is 0 Å². The molecular weight excluding hydrogens is 510 g/mol. The predicted octanol–water partition coefficient (Wildman–Crippen LogP) is 4.70. The molecule has 0 aliphatic carbocycles. The van der Waals surface area contributed by atoms with E-state index in [4.69, 9.17) is 0 Å². The molecule has 0 spiro atoms. The fraction of sp³-hybridized carbons (Fsp3) is 0.250. The van der Waals surface area contributed by atoms with Gasteiger partial charge in [0.25, 0.3) is 19.7 Å². The summed E-state index contributed by atoms with van der Waals surface area (Å²) in [5, 5.41) is 0. The molecule has 0 N–H and O–H groups in total. The van der Waals surface area contributed by atoms with E-state index in [0.29, 0.717) is 0 Å². The molecule has 4 nitrogen and oxygen atoms in total. The summed E-state index contributed by atoms with van der Waals surface area (Å²) in [6, 6.07) is 6.43. The Balaban J connectivity index is 2.93. The Hall–Kier alpha value is -2.36. The second kappa shape index (κ2) is 8.20. The van der Waals surface area contributed by atoms with Crippen molar-refractivity contribution in [3.8, 4) is 0 Å². The molecule has 0 unspecified atom stereocenters. The van der Waals surface area contributed by atoms with Gasteiger partial charge in [0, 0.05) is 12.0 Å². The van der Waals surface area contributed by atoms with Crippen molar-refractivity contribution < 1.29 is 60.7 Å². The summed E-state index contributed by atoms with van der Waals surface area (Å²) in [4.78, 5) is 0. The van der Waals surface area contributed by atoms with Gasteiger partial charge in [-0.2, -0.15) is 26.3 Å². The lowest BCUT2D eigenvalue weighted by Crippen LogP contribution is -2.40. The summed E-state index contributed by atoms with van der Waals surface area (Å²) in [6.45, 7) is 0. The summed E-state index contributed by atoms with van der Waals surface area (Å²) in [7, 11) is -15.2. The number of benzene rings is 2. The standard InChI is InChI=1S/C16H8F10O4S2/c17-10-8(6-7-4-2-1-3-5-7)11(18)13(20)9(12(10)19)14(31(27,28)15(21,22)23)32(29,30)16(24,25)26/h1-5,14H,6H2. The molecule has 0 heterocycles. The van der Waals surface area contributed by atoms with Gasteiger partial charge in [-0.1, -0.05) is 30.3 Å². The Morgan fingerprint density at radius 2 is 1.03 bits per heavy atom. The summed E-state index contributed by atoms with van der Waals surface area (Å²) < 4.78 is 176. The molecule has 0 saturated heterocycles. The highest BCUT2D eigenvalue weighted by Gasteiger charge is 2.65. The molecule has 2 rings (SSSR count). The first-order chi connectivity index (χ1) is 14.4. The van der Waals surface area contributed by atoms with Gasteiger partial charge in [-0.15, -0.1) is 0 Å². The molecule has 16 heteroatoms. The van der Waals surface area contributed by atoms with Crippen molar-refractivity contribution in [3.05, 3.63) is 70.3 Å². The highest BCUT2D eigenvalue weighted by molar-refractivity contribution is 8.09. The van der Waals surface area contributed by atoms with Crippen LogP contribution in [0.4, 0.5) is 43.9 Å². The lowest BCUT2D eigenvalue weighted by Gasteiger charge is -2.23. The second-order valence-corrected chi connectivity index (χ2v) is 10.5. The molecule has 0 amide bonds. The summed E-state index contributed by atoms with van der Waals surface area (Å²) in [6.07, 6.45) is -0.963. The number of alkyl halides is 6. The van der Waals surface area contributed by atoms with Gasteiger partial charge in [0.15, 0.2) is 23.3 Å². The van der Waals surface area contributed by atoms with Crippen LogP contribution in [0, 0.1) is 23.3 Å². The molecule has 32 heavy (non-hydrogen) atoms. The topological polar surface area (TPSA) is 68.3 Å². The van der Waals surface area contributed by atoms with Crippen molar-refractivity contribution in [1.29, 1.82) is 0 Å². The zero-order chi connectivity index (χ0) is 24.9. The lowest BCUT2D eigenvalue weighted by atomic mass is 10.0. The van der Waals surface area contributed by atoms with Gasteiger partial charge in [-0.05, 0) is 5.56 Å². The zero-order valence-corrected chi connectivity index (χ0v) is 16.5. The Bertz CT molecular complexity index is 1160. The number of halogens is 10. The highest BCUT2D eigenvalue weighted by atomic mass is 32.3. The molecule has 0 aliphatic rings. The van der Waals surface area contributed by atoms with Crippen molar-refractivity contribution in [2.75, 3.05) is 0 Å². The molecule has 2 aromatic carbocycles. The molecule has 0 saturated carbocycles. The molecule has 0 bridgehead atoms. The SMILES string of the molecule is O=S(=O)(C(c1c(F)c(F)c(Cc2ccccc2)c(F)c1F)S(=O)(=O)C(F)(F)F)C(F)(F)F. The maximum atomic E-state index is 14.4. The minimum atomic E-state index is -7.60. The lowest BCUT2D eigenvalue weighted by molar-refractivity contribution is -0.0473. The van der Waals surface area contributed by atoms with Crippen LogP contribution in [0.5, 0.6) is 0 Å². The van der Waals surface area contributed by atoms with Crippen LogP contribution < -0.4 is 0 Å². The Morgan fingerprint density at radius 1 is 0.656 bits per heavy atom. The fourth-order valence-corrected chi connectivity index (χ4v) is 6.08. The van der Waals surface area contributed by atoms with Gasteiger partial charge in [0.05, 0.1) is 5.56 Å². The van der Waals surface area contributed by atoms with Crippen LogP contribution in [-0.4, -0.2) is 27.9 Å². The van der Waals surface area contributed by atoms with Gasteiger partial charge in [0.2, 0.25) is 4.58 Å². The molecular formula is C16H8F10O4S2. The van der Waals surface area contributed by atoms with E-state index in [2.05, 4.69) is 0 Å². The van der Waals surface area contributed by atoms with E-state index in [1.165, 1.54) is 30.3 Å². The van der Waals surface area contributed by atoms with Crippen LogP contribution in [0.3, 0.4) is 0 Å². The maximum absolute atomic E-state index is 14.4. The molecule has 2 aromatic rings. The van der Waals surface area contributed by atoms with E-state index in [9.17, 15) is 60.7 Å². The third-order valence-electron chi connectivity index (χ3n) is 4.06. The molecule has 0 radical (unpaired) electrons. The summed E-state index contributed by atoms with van der Waals surface area (Å²) in [5.41, 5.74) is -18.2. The summed E-state index contributed by atoms with van der Waals surface area (Å²) in [5.74, 6) is -11.2. The molecule has 178 valence electrons. The fourth-order valence-electron chi connectivity index (χ4n) is 2.58. The van der Waals surface area contributed by atoms with Crippen LogP contribution in [-0.2, 0) is 26.1 Å². The van der Waals surface area contributed by atoms with Crippen LogP contribution >= 0.6 is 0 Å². The van der Waals surface area contributed by atoms with E-state index >= 15 is 0 Å². The molecule has 0 aromatic heterocycles. The van der Waals surface area contributed by atoms with Crippen LogP contribution in [0.15, 0.2) is 30.3 Å². The Kier molecular flexibility index (Phi) is 6.64. The van der Waals surface area contributed by atoms with Crippen LogP contribution in [0.1, 0.15) is 21.3 Å². The van der Waals surface area contributed by atoms with E-state index in [1.807, 2.05) is 0 Å². The highest BCUT2D eigenvalue weighted by Crippen LogP contribution is 2.47. The smallest absolute Gasteiger partial charge is 0.218 e. The molecule has 0 aliphatic heterocycles. The number of sulfone groups is 2. The Morgan fingerprint density at radius 3 is 1.38 bits per heavy atom. The molecule has 0 fully saturated rings. The minimum Gasteiger partial charge on any atom is -0.218 e. The van der Waals surface area contributed by atoms with Crippen molar-refractivity contribution >= 4 is 19.7 Å². The van der Waals surface area contributed by atoms with Crippen molar-refractivity contribution in [2.45, 2.75) is 22.0 Å². The third kappa shape index (κ3) is 4.29. The number of hydrogen-bond donors (Lipinski definition) is 0. The zero-order valence-electron chi connectivity index (χ0n) is 14.9. The van der Waals surface area contributed by atoms with E-state index in [1.54, 1.807) is 0 Å². The van der Waals surface area contributed by atoms with Gasteiger partial charge in [0.1, 0.15) is 0 Å². The van der Waals surface area contributed by atoms with Crippen molar-refractivity contribution in [1.82, 2.24) is 0 Å². The number of hydrogen-bond acceptors (Lipinski definition) is 4. The van der Waals surface area contributed by atoms with Gasteiger partial charge in [-0.3, -0.25) is 0 Å². The summed E-state index contributed by atoms with van der Waals surface area (Å²) >= 11 is 0. The first kappa shape index (κ1) is 25.9. The monoisotopic (exact) mass is 518 g/mol. The van der Waals surface area contributed by atoms with Crippen LogP contribution in [0.25, 0.3) is 0 Å². The minimum absolute atomic E-state index is 0.0146. The largest absolute Gasteiger partial charge is 0.499 e. The average Bonchev–Trinajstić information content (AvgIpc) is 2.65. The first-order valence-electron chi connectivity index (χ1n) is 7.84. The first-order valence-corrected chi connectivity index (χ1v) is 10.9. The van der Waals surface area contributed by atoms with Gasteiger partial charge in [-0.25, -0.2) is 34.4 Å². The second-order valence-electron chi connectivity index (χ2n) is 6.12. The predicted molar refractivity (Wildman–Crippen MR) is 88.2 cm³/mol. The van der Waals surface area contributed by atoms with Crippen molar-refractivity contribution in [3.63, 3.8) is 0 Å². The van der Waals surface area contributed by atoms with E-state index in [0.717, 1.165) is 0 Å². The van der Waals surface area contributed by atoms with E-state index in [-0.39, 0.29) is 5.56 Å². The van der Waals surface area contributed by atoms with Gasteiger partial charge < -0.3 is 0 Å². The van der Waals surface area contributed by atoms with E-state index < -0.39 is 76.1 Å². The van der Waals surface area contributed by atoms with Gasteiger partial charge >= 0.3 is 11.0 Å². The molecule has 0 atom stereocenters. The average molecular weight is 518 g/mol. The Labute approximate surface area is 173 Å². The maximum Gasteiger partial charge on any atom is 0.499 e. The number of rotatable bonds is 5. The quantitative estimate of drug-likeness (QED) is 0.425.